The molecule has 0 atom stereocenters. The first kappa shape index (κ1) is 16.2. The summed E-state index contributed by atoms with van der Waals surface area (Å²) in [5.41, 5.74) is 0. The predicted octanol–water partition coefficient (Wildman–Crippen LogP) is 2.31. The molecule has 0 radical (unpaired) electrons. The molecular weight excluding hydrogens is 308 g/mol. The van der Waals surface area contributed by atoms with E-state index in [1.54, 1.807) is 31.5 Å². The Morgan fingerprint density at radius 2 is 2.14 bits per heavy atom. The van der Waals surface area contributed by atoms with Crippen molar-refractivity contribution in [1.82, 2.24) is 9.62 Å². The van der Waals surface area contributed by atoms with Crippen molar-refractivity contribution in [3.8, 4) is 0 Å². The Kier molecular flexibility index (Phi) is 5.58. The van der Waals surface area contributed by atoms with Gasteiger partial charge in [-0.05, 0) is 43.8 Å². The number of nitrogens with zero attached hydrogens (tertiary/aromatic N) is 1. The van der Waals surface area contributed by atoms with Crippen molar-refractivity contribution < 1.29 is 12.8 Å². The Balaban J connectivity index is 2.04. The lowest BCUT2D eigenvalue weighted by Crippen LogP contribution is -2.25. The Morgan fingerprint density at radius 1 is 1.33 bits per heavy atom. The third-order valence-corrected chi connectivity index (χ3v) is 6.47. The second-order valence-electron chi connectivity index (χ2n) is 4.66. The minimum Gasteiger partial charge on any atom is -0.468 e. The van der Waals surface area contributed by atoms with Gasteiger partial charge in [0.2, 0.25) is 0 Å². The van der Waals surface area contributed by atoms with Gasteiger partial charge in [-0.1, -0.05) is 6.92 Å². The highest BCUT2D eigenvalue weighted by atomic mass is 32.2. The lowest BCUT2D eigenvalue weighted by atomic mass is 10.3. The SMILES string of the molecule is CCNCCc1ccc(S(=O)(=O)N(C)Cc2ccco2)s1. The highest BCUT2D eigenvalue weighted by Crippen LogP contribution is 2.25. The van der Waals surface area contributed by atoms with Gasteiger partial charge in [-0.25, -0.2) is 8.42 Å². The van der Waals surface area contributed by atoms with Crippen molar-refractivity contribution >= 4 is 21.4 Å². The molecule has 0 spiro atoms. The van der Waals surface area contributed by atoms with E-state index in [0.717, 1.165) is 24.4 Å². The van der Waals surface area contributed by atoms with Gasteiger partial charge in [0.1, 0.15) is 9.97 Å². The van der Waals surface area contributed by atoms with Gasteiger partial charge in [0, 0.05) is 11.9 Å². The standard InChI is InChI=1S/C14H20N2O3S2/c1-3-15-9-8-13-6-7-14(20-13)21(17,18)16(2)11-12-5-4-10-19-12/h4-7,10,15H,3,8-9,11H2,1-2H3. The molecule has 2 rings (SSSR count). The highest BCUT2D eigenvalue weighted by molar-refractivity contribution is 7.91. The van der Waals surface area contributed by atoms with E-state index >= 15 is 0 Å². The van der Waals surface area contributed by atoms with E-state index in [0.29, 0.717) is 9.97 Å². The summed E-state index contributed by atoms with van der Waals surface area (Å²) in [6, 6.07) is 7.08. The lowest BCUT2D eigenvalue weighted by molar-refractivity contribution is 0.407. The van der Waals surface area contributed by atoms with E-state index in [1.807, 2.05) is 13.0 Å². The molecule has 0 aliphatic heterocycles. The molecule has 116 valence electrons. The average molecular weight is 328 g/mol. The molecule has 0 saturated heterocycles. The third kappa shape index (κ3) is 4.16. The first-order valence-electron chi connectivity index (χ1n) is 6.82. The van der Waals surface area contributed by atoms with E-state index in [4.69, 9.17) is 4.42 Å². The van der Waals surface area contributed by atoms with Gasteiger partial charge in [-0.15, -0.1) is 11.3 Å². The van der Waals surface area contributed by atoms with Gasteiger partial charge < -0.3 is 9.73 Å². The Bertz CT molecular complexity index is 648. The van der Waals surface area contributed by atoms with Crippen molar-refractivity contribution in [1.29, 1.82) is 0 Å². The van der Waals surface area contributed by atoms with Crippen LogP contribution < -0.4 is 5.32 Å². The van der Waals surface area contributed by atoms with Crippen LogP contribution in [0.25, 0.3) is 0 Å². The number of hydrogen-bond donors (Lipinski definition) is 1. The van der Waals surface area contributed by atoms with Crippen LogP contribution in [-0.2, 0) is 23.0 Å². The smallest absolute Gasteiger partial charge is 0.252 e. The van der Waals surface area contributed by atoms with Gasteiger partial charge in [0.15, 0.2) is 0 Å². The van der Waals surface area contributed by atoms with Crippen LogP contribution in [0.4, 0.5) is 0 Å². The normalized spacial score (nSPS) is 12.1. The Morgan fingerprint density at radius 3 is 2.81 bits per heavy atom. The third-order valence-electron chi connectivity index (χ3n) is 3.06. The van der Waals surface area contributed by atoms with E-state index in [9.17, 15) is 8.42 Å². The molecule has 7 heteroatoms. The molecule has 0 unspecified atom stereocenters. The minimum absolute atomic E-state index is 0.236. The van der Waals surface area contributed by atoms with Gasteiger partial charge >= 0.3 is 0 Å². The van der Waals surface area contributed by atoms with Crippen LogP contribution in [0, 0.1) is 0 Å². The van der Waals surface area contributed by atoms with E-state index in [2.05, 4.69) is 5.32 Å². The maximum atomic E-state index is 12.5. The van der Waals surface area contributed by atoms with Gasteiger partial charge in [-0.3, -0.25) is 0 Å². The molecule has 1 N–H and O–H groups in total. The number of thiophene rings is 1. The van der Waals surface area contributed by atoms with Crippen molar-refractivity contribution in [3.63, 3.8) is 0 Å². The van der Waals surface area contributed by atoms with Gasteiger partial charge in [0.25, 0.3) is 10.0 Å². The van der Waals surface area contributed by atoms with Crippen molar-refractivity contribution in [3.05, 3.63) is 41.2 Å². The number of furan rings is 1. The van der Waals surface area contributed by atoms with E-state index < -0.39 is 10.0 Å². The van der Waals surface area contributed by atoms with E-state index in [1.165, 1.54) is 15.6 Å². The van der Waals surface area contributed by atoms with Crippen molar-refractivity contribution in [2.75, 3.05) is 20.1 Å². The van der Waals surface area contributed by atoms with Crippen LogP contribution in [0.3, 0.4) is 0 Å². The largest absolute Gasteiger partial charge is 0.468 e. The van der Waals surface area contributed by atoms with E-state index in [-0.39, 0.29) is 6.54 Å². The first-order valence-corrected chi connectivity index (χ1v) is 9.08. The fraction of sp³-hybridized carbons (Fsp3) is 0.429. The number of hydrogen-bond acceptors (Lipinski definition) is 5. The van der Waals surface area contributed by atoms with Crippen LogP contribution in [-0.4, -0.2) is 32.9 Å². The molecule has 0 amide bonds. The Hall–Kier alpha value is -1.15. The molecule has 0 fully saturated rings. The van der Waals surface area contributed by atoms with Crippen LogP contribution in [0.1, 0.15) is 17.6 Å². The summed E-state index contributed by atoms with van der Waals surface area (Å²) in [6.45, 7) is 4.06. The second kappa shape index (κ2) is 7.22. The zero-order chi connectivity index (χ0) is 15.3. The number of sulfonamides is 1. The van der Waals surface area contributed by atoms with Crippen LogP contribution in [0.5, 0.6) is 0 Å². The molecule has 0 aromatic carbocycles. The second-order valence-corrected chi connectivity index (χ2v) is 8.10. The summed E-state index contributed by atoms with van der Waals surface area (Å²) >= 11 is 1.33. The summed E-state index contributed by atoms with van der Waals surface area (Å²) in [6.07, 6.45) is 2.38. The molecule has 0 bridgehead atoms. The monoisotopic (exact) mass is 328 g/mol. The summed E-state index contributed by atoms with van der Waals surface area (Å²) in [7, 11) is -1.89. The maximum absolute atomic E-state index is 12.5. The van der Waals surface area contributed by atoms with Crippen LogP contribution in [0.2, 0.25) is 0 Å². The first-order chi connectivity index (χ1) is 10.0. The summed E-state index contributed by atoms with van der Waals surface area (Å²) in [4.78, 5) is 1.07. The molecule has 2 aromatic rings. The summed E-state index contributed by atoms with van der Waals surface area (Å²) in [5, 5.41) is 3.23. The zero-order valence-corrected chi connectivity index (χ0v) is 13.8. The number of rotatable bonds is 8. The molecule has 0 aliphatic carbocycles. The van der Waals surface area contributed by atoms with Crippen LogP contribution >= 0.6 is 11.3 Å². The zero-order valence-electron chi connectivity index (χ0n) is 12.2. The van der Waals surface area contributed by atoms with Crippen molar-refractivity contribution in [2.24, 2.45) is 0 Å². The minimum atomic E-state index is -3.45. The number of likely N-dealkylation sites (N-methyl/N-ethyl adjacent to an activating group) is 1. The highest BCUT2D eigenvalue weighted by Gasteiger charge is 2.23. The molecule has 21 heavy (non-hydrogen) atoms. The molecule has 5 nitrogen and oxygen atoms in total. The average Bonchev–Trinajstić information content (AvgIpc) is 3.10. The van der Waals surface area contributed by atoms with Crippen LogP contribution in [0.15, 0.2) is 39.2 Å². The quantitative estimate of drug-likeness (QED) is 0.755. The molecular formula is C14H20N2O3S2. The predicted molar refractivity (Wildman–Crippen MR) is 83.9 cm³/mol. The fourth-order valence-electron chi connectivity index (χ4n) is 1.88. The fourth-order valence-corrected chi connectivity index (χ4v) is 4.58. The summed E-state index contributed by atoms with van der Waals surface area (Å²) in [5.74, 6) is 0.630. The molecule has 0 aliphatic rings. The molecule has 2 aromatic heterocycles. The topological polar surface area (TPSA) is 62.6 Å². The maximum Gasteiger partial charge on any atom is 0.252 e. The lowest BCUT2D eigenvalue weighted by Gasteiger charge is -2.14. The van der Waals surface area contributed by atoms with Gasteiger partial charge in [-0.2, -0.15) is 4.31 Å². The molecule has 2 heterocycles. The Labute approximate surface area is 129 Å². The summed E-state index contributed by atoms with van der Waals surface area (Å²) < 4.78 is 31.8. The molecule has 0 saturated carbocycles. The van der Waals surface area contributed by atoms with Crippen molar-refractivity contribution in [2.45, 2.75) is 24.1 Å². The van der Waals surface area contributed by atoms with Gasteiger partial charge in [0.05, 0.1) is 12.8 Å². The number of nitrogens with one attached hydrogen (secondary N) is 1.